The van der Waals surface area contributed by atoms with Crippen LogP contribution in [-0.4, -0.2) is 56.2 Å². The van der Waals surface area contributed by atoms with Crippen molar-refractivity contribution in [3.05, 3.63) is 16.3 Å². The quantitative estimate of drug-likeness (QED) is 0.830. The van der Waals surface area contributed by atoms with E-state index in [9.17, 15) is 9.59 Å². The van der Waals surface area contributed by atoms with Crippen molar-refractivity contribution in [2.24, 2.45) is 0 Å². The van der Waals surface area contributed by atoms with Gasteiger partial charge < -0.3 is 19.7 Å². The monoisotopic (exact) mass is 298 g/mol. The van der Waals surface area contributed by atoms with Crippen LogP contribution in [0, 0.1) is 0 Å². The van der Waals surface area contributed by atoms with Crippen LogP contribution < -0.4 is 10.1 Å². The first kappa shape index (κ1) is 14.8. The first-order valence-electron chi connectivity index (χ1n) is 6.48. The molecule has 7 heteroatoms. The minimum Gasteiger partial charge on any atom is -0.495 e. The highest BCUT2D eigenvalue weighted by Gasteiger charge is 2.35. The fraction of sp³-hybridized carbons (Fsp3) is 0.538. The number of ether oxygens (including phenoxy) is 2. The summed E-state index contributed by atoms with van der Waals surface area (Å²) in [5.74, 6) is -0.0129. The fourth-order valence-electron chi connectivity index (χ4n) is 2.14. The molecule has 1 saturated heterocycles. The lowest BCUT2D eigenvalue weighted by Gasteiger charge is -2.34. The molecule has 0 aromatic carbocycles. The highest BCUT2D eigenvalue weighted by molar-refractivity contribution is 7.12. The zero-order chi connectivity index (χ0) is 14.5. The topological polar surface area (TPSA) is 67.9 Å². The Hall–Kier alpha value is -1.60. The van der Waals surface area contributed by atoms with E-state index in [4.69, 9.17) is 9.47 Å². The van der Waals surface area contributed by atoms with Crippen LogP contribution in [0.25, 0.3) is 0 Å². The summed E-state index contributed by atoms with van der Waals surface area (Å²) in [6.45, 7) is 3.61. The molecule has 2 heterocycles. The van der Waals surface area contributed by atoms with Crippen LogP contribution in [0.15, 0.2) is 11.4 Å². The van der Waals surface area contributed by atoms with Gasteiger partial charge in [-0.25, -0.2) is 4.79 Å². The molecule has 1 fully saturated rings. The molecule has 0 aliphatic carbocycles. The highest BCUT2D eigenvalue weighted by atomic mass is 32.1. The smallest absolute Gasteiger partial charge is 0.330 e. The zero-order valence-corrected chi connectivity index (χ0v) is 12.4. The lowest BCUT2D eigenvalue weighted by atomic mass is 10.2. The molecule has 1 atom stereocenters. The number of methoxy groups -OCH3 is 1. The molecule has 110 valence electrons. The molecule has 6 nitrogen and oxygen atoms in total. The summed E-state index contributed by atoms with van der Waals surface area (Å²) >= 11 is 1.31. The number of nitrogens with one attached hydrogen (secondary N) is 1. The number of thiophene rings is 1. The average molecular weight is 298 g/mol. The van der Waals surface area contributed by atoms with Crippen LogP contribution in [-0.2, 0) is 9.53 Å². The number of amides is 1. The lowest BCUT2D eigenvalue weighted by molar-refractivity contribution is -0.149. The largest absolute Gasteiger partial charge is 0.495 e. The highest BCUT2D eigenvalue weighted by Crippen LogP contribution is 2.27. The summed E-state index contributed by atoms with van der Waals surface area (Å²) in [7, 11) is 1.53. The molecule has 2 rings (SSSR count). The number of hydrogen-bond acceptors (Lipinski definition) is 6. The van der Waals surface area contributed by atoms with Gasteiger partial charge >= 0.3 is 5.97 Å². The van der Waals surface area contributed by atoms with Crippen molar-refractivity contribution in [2.75, 3.05) is 33.4 Å². The van der Waals surface area contributed by atoms with E-state index in [0.717, 1.165) is 0 Å². The van der Waals surface area contributed by atoms with Crippen molar-refractivity contribution in [3.63, 3.8) is 0 Å². The molecule has 0 bridgehead atoms. The second kappa shape index (κ2) is 6.71. The summed E-state index contributed by atoms with van der Waals surface area (Å²) in [6.07, 6.45) is 0. The van der Waals surface area contributed by atoms with Crippen molar-refractivity contribution in [1.82, 2.24) is 10.2 Å². The summed E-state index contributed by atoms with van der Waals surface area (Å²) in [4.78, 5) is 26.6. The van der Waals surface area contributed by atoms with Gasteiger partial charge in [0.1, 0.15) is 16.7 Å². The van der Waals surface area contributed by atoms with Gasteiger partial charge in [-0.1, -0.05) is 0 Å². The van der Waals surface area contributed by atoms with Gasteiger partial charge in [0.05, 0.1) is 13.7 Å². The third-order valence-electron chi connectivity index (χ3n) is 3.11. The maximum absolute atomic E-state index is 12.6. The number of carbonyl (C=O) groups is 2. The Morgan fingerprint density at radius 1 is 1.55 bits per heavy atom. The summed E-state index contributed by atoms with van der Waals surface area (Å²) < 4.78 is 10.2. The Balaban J connectivity index is 2.19. The van der Waals surface area contributed by atoms with Crippen molar-refractivity contribution < 1.29 is 19.1 Å². The van der Waals surface area contributed by atoms with Gasteiger partial charge in [0.2, 0.25) is 0 Å². The minimum atomic E-state index is -0.581. The van der Waals surface area contributed by atoms with E-state index >= 15 is 0 Å². The molecule has 20 heavy (non-hydrogen) atoms. The van der Waals surface area contributed by atoms with E-state index < -0.39 is 6.04 Å². The molecular formula is C13H18N2O4S. The summed E-state index contributed by atoms with van der Waals surface area (Å²) in [6, 6.07) is 1.17. The molecule has 0 saturated carbocycles. The van der Waals surface area contributed by atoms with E-state index in [2.05, 4.69) is 5.32 Å². The molecular weight excluding hydrogens is 280 g/mol. The molecule has 1 aromatic rings. The molecule has 1 aromatic heterocycles. The number of esters is 1. The minimum absolute atomic E-state index is 0.184. The molecule has 1 amide bonds. The van der Waals surface area contributed by atoms with Gasteiger partial charge in [0.25, 0.3) is 5.91 Å². The van der Waals surface area contributed by atoms with Gasteiger partial charge in [-0.2, -0.15) is 0 Å². The number of piperazine rings is 1. The number of hydrogen-bond donors (Lipinski definition) is 1. The van der Waals surface area contributed by atoms with Crippen LogP contribution >= 0.6 is 11.3 Å². The number of rotatable bonds is 4. The summed E-state index contributed by atoms with van der Waals surface area (Å²) in [5.41, 5.74) is 0. The Morgan fingerprint density at radius 2 is 2.35 bits per heavy atom. The second-order valence-corrected chi connectivity index (χ2v) is 5.20. The van der Waals surface area contributed by atoms with E-state index in [1.165, 1.54) is 18.4 Å². The van der Waals surface area contributed by atoms with Crippen LogP contribution in [0.2, 0.25) is 0 Å². The van der Waals surface area contributed by atoms with Crippen molar-refractivity contribution >= 4 is 23.2 Å². The van der Waals surface area contributed by atoms with Crippen LogP contribution in [0.1, 0.15) is 16.6 Å². The molecule has 1 unspecified atom stereocenters. The first-order chi connectivity index (χ1) is 9.69. The Bertz CT molecular complexity index is 488. The SMILES string of the molecule is CCOC(=O)C1CNCCN1C(=O)c1sccc1OC. The predicted octanol–water partition coefficient (Wildman–Crippen LogP) is 0.734. The molecule has 1 aliphatic heterocycles. The van der Waals surface area contributed by atoms with E-state index in [0.29, 0.717) is 36.9 Å². The van der Waals surface area contributed by atoms with E-state index in [1.54, 1.807) is 23.3 Å². The Morgan fingerprint density at radius 3 is 3.05 bits per heavy atom. The lowest BCUT2D eigenvalue weighted by Crippen LogP contribution is -2.57. The van der Waals surface area contributed by atoms with Crippen LogP contribution in [0.4, 0.5) is 0 Å². The maximum Gasteiger partial charge on any atom is 0.330 e. The van der Waals surface area contributed by atoms with Gasteiger partial charge in [-0.3, -0.25) is 4.79 Å². The average Bonchev–Trinajstić information content (AvgIpc) is 2.95. The Kier molecular flexibility index (Phi) is 4.97. The fourth-order valence-corrected chi connectivity index (χ4v) is 2.95. The molecule has 1 N–H and O–H groups in total. The summed E-state index contributed by atoms with van der Waals surface area (Å²) in [5, 5.41) is 4.91. The van der Waals surface area contributed by atoms with Gasteiger partial charge in [0, 0.05) is 19.6 Å². The zero-order valence-electron chi connectivity index (χ0n) is 11.5. The predicted molar refractivity (Wildman–Crippen MR) is 75.2 cm³/mol. The Labute approximate surface area is 121 Å². The van der Waals surface area contributed by atoms with Gasteiger partial charge in [-0.05, 0) is 18.4 Å². The van der Waals surface area contributed by atoms with Crippen LogP contribution in [0.3, 0.4) is 0 Å². The maximum atomic E-state index is 12.6. The third kappa shape index (κ3) is 2.94. The van der Waals surface area contributed by atoms with Crippen molar-refractivity contribution in [2.45, 2.75) is 13.0 Å². The van der Waals surface area contributed by atoms with Crippen molar-refractivity contribution in [1.29, 1.82) is 0 Å². The number of nitrogens with zero attached hydrogens (tertiary/aromatic N) is 1. The van der Waals surface area contributed by atoms with E-state index in [1.807, 2.05) is 0 Å². The third-order valence-corrected chi connectivity index (χ3v) is 3.99. The normalized spacial score (nSPS) is 18.7. The standard InChI is InChI=1S/C13H18N2O4S/c1-3-19-13(17)9-8-14-5-6-15(9)12(16)11-10(18-2)4-7-20-11/h4,7,9,14H,3,5-6,8H2,1-2H3. The second-order valence-electron chi connectivity index (χ2n) is 4.29. The van der Waals surface area contributed by atoms with Gasteiger partial charge in [-0.15, -0.1) is 11.3 Å². The van der Waals surface area contributed by atoms with Gasteiger partial charge in [0.15, 0.2) is 0 Å². The first-order valence-corrected chi connectivity index (χ1v) is 7.36. The molecule has 0 radical (unpaired) electrons. The molecule has 1 aliphatic rings. The molecule has 0 spiro atoms. The number of carbonyl (C=O) groups excluding carboxylic acids is 2. The van der Waals surface area contributed by atoms with E-state index in [-0.39, 0.29) is 11.9 Å². The van der Waals surface area contributed by atoms with Crippen LogP contribution in [0.5, 0.6) is 5.75 Å². The van der Waals surface area contributed by atoms with Crippen molar-refractivity contribution in [3.8, 4) is 5.75 Å².